The molecule has 1 aromatic carbocycles. The van der Waals surface area contributed by atoms with Crippen molar-refractivity contribution in [1.29, 1.82) is 0 Å². The van der Waals surface area contributed by atoms with Gasteiger partial charge in [-0.15, -0.1) is 5.10 Å². The van der Waals surface area contributed by atoms with Crippen LogP contribution in [-0.4, -0.2) is 41.4 Å². The van der Waals surface area contributed by atoms with E-state index < -0.39 is 0 Å². The molecule has 0 saturated carbocycles. The second-order valence-corrected chi connectivity index (χ2v) is 6.32. The average Bonchev–Trinajstić information content (AvgIpc) is 2.62. The van der Waals surface area contributed by atoms with E-state index in [0.717, 1.165) is 49.0 Å². The molecule has 4 rings (SSSR count). The van der Waals surface area contributed by atoms with Crippen LogP contribution in [0.2, 0.25) is 0 Å². The van der Waals surface area contributed by atoms with Crippen molar-refractivity contribution in [3.05, 3.63) is 53.7 Å². The Bertz CT molecular complexity index is 851. The molecule has 1 aliphatic heterocycles. The van der Waals surface area contributed by atoms with Crippen LogP contribution in [0.25, 0.3) is 10.9 Å². The minimum Gasteiger partial charge on any atom is -0.353 e. The molecule has 0 aliphatic carbocycles. The second kappa shape index (κ2) is 6.07. The maximum atomic E-state index is 4.85. The number of anilines is 2. The highest BCUT2D eigenvalue weighted by Gasteiger charge is 2.20. The summed E-state index contributed by atoms with van der Waals surface area (Å²) in [6.45, 7) is 7.88. The molecule has 5 nitrogen and oxygen atoms in total. The number of pyridine rings is 1. The van der Waals surface area contributed by atoms with Crippen LogP contribution in [0.15, 0.2) is 42.5 Å². The predicted octanol–water partition coefficient (Wildman–Crippen LogP) is 2.97. The zero-order chi connectivity index (χ0) is 16.5. The maximum Gasteiger partial charge on any atom is 0.151 e. The third kappa shape index (κ3) is 2.77. The molecule has 0 radical (unpaired) electrons. The molecular weight excluding hydrogens is 298 g/mol. The fourth-order valence-electron chi connectivity index (χ4n) is 3.22. The Kier molecular flexibility index (Phi) is 3.76. The van der Waals surface area contributed by atoms with Gasteiger partial charge in [0.1, 0.15) is 5.82 Å². The molecular formula is C19H21N5. The lowest BCUT2D eigenvalue weighted by molar-refractivity contribution is 0.638. The Morgan fingerprint density at radius 1 is 0.792 bits per heavy atom. The first-order chi connectivity index (χ1) is 11.7. The Hall–Kier alpha value is -2.69. The minimum absolute atomic E-state index is 0.936. The topological polar surface area (TPSA) is 45.2 Å². The van der Waals surface area contributed by atoms with Crippen molar-refractivity contribution < 1.29 is 0 Å². The van der Waals surface area contributed by atoms with Crippen LogP contribution in [0.4, 0.5) is 11.6 Å². The summed E-state index contributed by atoms with van der Waals surface area (Å²) in [7, 11) is 0. The molecule has 1 aliphatic rings. The SMILES string of the molecule is Cc1ccc(N2CCN(c3cc(C)c4ccccc4n3)CC2)nn1. The largest absolute Gasteiger partial charge is 0.353 e. The van der Waals surface area contributed by atoms with Gasteiger partial charge in [0.2, 0.25) is 0 Å². The van der Waals surface area contributed by atoms with Gasteiger partial charge >= 0.3 is 0 Å². The summed E-state index contributed by atoms with van der Waals surface area (Å²) >= 11 is 0. The molecule has 0 atom stereocenters. The van der Waals surface area contributed by atoms with Gasteiger partial charge in [-0.25, -0.2) is 4.98 Å². The highest BCUT2D eigenvalue weighted by Crippen LogP contribution is 2.23. The summed E-state index contributed by atoms with van der Waals surface area (Å²) < 4.78 is 0. The molecule has 5 heteroatoms. The smallest absolute Gasteiger partial charge is 0.151 e. The number of piperazine rings is 1. The molecule has 24 heavy (non-hydrogen) atoms. The first kappa shape index (κ1) is 14.9. The fourth-order valence-corrected chi connectivity index (χ4v) is 3.22. The van der Waals surface area contributed by atoms with E-state index in [1.807, 2.05) is 19.1 Å². The number of aromatic nitrogens is 3. The van der Waals surface area contributed by atoms with Gasteiger partial charge in [0.15, 0.2) is 5.82 Å². The van der Waals surface area contributed by atoms with Crippen LogP contribution >= 0.6 is 0 Å². The normalized spacial score (nSPS) is 15.1. The summed E-state index contributed by atoms with van der Waals surface area (Å²) in [6, 6.07) is 14.6. The molecule has 1 fully saturated rings. The van der Waals surface area contributed by atoms with Gasteiger partial charge in [0.05, 0.1) is 11.2 Å². The number of hydrogen-bond donors (Lipinski definition) is 0. The van der Waals surface area contributed by atoms with E-state index in [9.17, 15) is 0 Å². The Labute approximate surface area is 142 Å². The molecule has 122 valence electrons. The number of para-hydroxylation sites is 1. The molecule has 0 spiro atoms. The number of aryl methyl sites for hydroxylation is 2. The van der Waals surface area contributed by atoms with Crippen molar-refractivity contribution in [1.82, 2.24) is 15.2 Å². The van der Waals surface area contributed by atoms with Gasteiger partial charge in [-0.1, -0.05) is 18.2 Å². The van der Waals surface area contributed by atoms with Crippen LogP contribution in [0.1, 0.15) is 11.3 Å². The maximum absolute atomic E-state index is 4.85. The zero-order valence-electron chi connectivity index (χ0n) is 14.1. The Balaban J connectivity index is 1.52. The van der Waals surface area contributed by atoms with Crippen molar-refractivity contribution >= 4 is 22.5 Å². The van der Waals surface area contributed by atoms with E-state index in [2.05, 4.69) is 57.3 Å². The first-order valence-corrected chi connectivity index (χ1v) is 8.37. The number of nitrogens with zero attached hydrogens (tertiary/aromatic N) is 5. The van der Waals surface area contributed by atoms with Crippen molar-refractivity contribution in [3.63, 3.8) is 0 Å². The molecule has 3 aromatic rings. The minimum atomic E-state index is 0.936. The molecule has 3 heterocycles. The monoisotopic (exact) mass is 319 g/mol. The highest BCUT2D eigenvalue weighted by atomic mass is 15.3. The van der Waals surface area contributed by atoms with E-state index in [1.54, 1.807) is 0 Å². The summed E-state index contributed by atoms with van der Waals surface area (Å²) in [5, 5.41) is 9.69. The van der Waals surface area contributed by atoms with Crippen LogP contribution in [-0.2, 0) is 0 Å². The second-order valence-electron chi connectivity index (χ2n) is 6.32. The summed E-state index contributed by atoms with van der Waals surface area (Å²) in [5.41, 5.74) is 3.30. The number of fused-ring (bicyclic) bond motifs is 1. The number of rotatable bonds is 2. The van der Waals surface area contributed by atoms with Gasteiger partial charge in [-0.3, -0.25) is 0 Å². The average molecular weight is 319 g/mol. The number of benzene rings is 1. The van der Waals surface area contributed by atoms with Crippen LogP contribution in [0.5, 0.6) is 0 Å². The van der Waals surface area contributed by atoms with Crippen LogP contribution < -0.4 is 9.80 Å². The lowest BCUT2D eigenvalue weighted by atomic mass is 10.1. The van der Waals surface area contributed by atoms with Crippen molar-refractivity contribution in [2.24, 2.45) is 0 Å². The summed E-state index contributed by atoms with van der Waals surface area (Å²) in [6.07, 6.45) is 0. The molecule has 0 amide bonds. The lowest BCUT2D eigenvalue weighted by Crippen LogP contribution is -2.47. The third-order valence-corrected chi connectivity index (χ3v) is 4.62. The zero-order valence-corrected chi connectivity index (χ0v) is 14.1. The standard InChI is InChI=1S/C19H21N5/c1-14-13-19(20-17-6-4-3-5-16(14)17)24-11-9-23(10-12-24)18-8-7-15(2)21-22-18/h3-8,13H,9-12H2,1-2H3. The molecule has 2 aromatic heterocycles. The van der Waals surface area contributed by atoms with E-state index >= 15 is 0 Å². The van der Waals surface area contributed by atoms with Gasteiger partial charge in [-0.2, -0.15) is 5.10 Å². The van der Waals surface area contributed by atoms with Crippen molar-refractivity contribution in [2.45, 2.75) is 13.8 Å². The van der Waals surface area contributed by atoms with Crippen LogP contribution in [0, 0.1) is 13.8 Å². The predicted molar refractivity (Wildman–Crippen MR) is 97.7 cm³/mol. The fraction of sp³-hybridized carbons (Fsp3) is 0.316. The summed E-state index contributed by atoms with van der Waals surface area (Å²) in [4.78, 5) is 9.50. The molecule has 0 unspecified atom stereocenters. The van der Waals surface area contributed by atoms with Gasteiger partial charge in [-0.05, 0) is 43.7 Å². The van der Waals surface area contributed by atoms with E-state index in [1.165, 1.54) is 10.9 Å². The van der Waals surface area contributed by atoms with Gasteiger partial charge < -0.3 is 9.80 Å². The van der Waals surface area contributed by atoms with Gasteiger partial charge in [0.25, 0.3) is 0 Å². The van der Waals surface area contributed by atoms with Gasteiger partial charge in [0, 0.05) is 31.6 Å². The van der Waals surface area contributed by atoms with Crippen molar-refractivity contribution in [2.75, 3.05) is 36.0 Å². The van der Waals surface area contributed by atoms with Crippen molar-refractivity contribution in [3.8, 4) is 0 Å². The third-order valence-electron chi connectivity index (χ3n) is 4.62. The molecule has 1 saturated heterocycles. The van der Waals surface area contributed by atoms with E-state index in [-0.39, 0.29) is 0 Å². The van der Waals surface area contributed by atoms with E-state index in [0.29, 0.717) is 0 Å². The van der Waals surface area contributed by atoms with Crippen LogP contribution in [0.3, 0.4) is 0 Å². The lowest BCUT2D eigenvalue weighted by Gasteiger charge is -2.36. The number of hydrogen-bond acceptors (Lipinski definition) is 5. The van der Waals surface area contributed by atoms with E-state index in [4.69, 9.17) is 4.98 Å². The summed E-state index contributed by atoms with van der Waals surface area (Å²) in [5.74, 6) is 2.03. The highest BCUT2D eigenvalue weighted by molar-refractivity contribution is 5.83. The molecule has 0 N–H and O–H groups in total. The first-order valence-electron chi connectivity index (χ1n) is 8.37. The quantitative estimate of drug-likeness (QED) is 0.726. The Morgan fingerprint density at radius 3 is 2.21 bits per heavy atom. The Morgan fingerprint density at radius 2 is 1.50 bits per heavy atom. The molecule has 0 bridgehead atoms.